The van der Waals surface area contributed by atoms with E-state index < -0.39 is 11.7 Å². The van der Waals surface area contributed by atoms with Gasteiger partial charge in [0.05, 0.1) is 12.1 Å². The van der Waals surface area contributed by atoms with Gasteiger partial charge in [0.25, 0.3) is 0 Å². The average molecular weight is 343 g/mol. The molecule has 0 radical (unpaired) electrons. The van der Waals surface area contributed by atoms with Crippen LogP contribution in [0.4, 0.5) is 13.2 Å². The highest BCUT2D eigenvalue weighted by molar-refractivity contribution is 7.99. The summed E-state index contributed by atoms with van der Waals surface area (Å²) >= 11 is 1.74. The van der Waals surface area contributed by atoms with Gasteiger partial charge in [0, 0.05) is 31.0 Å². The average Bonchev–Trinajstić information content (AvgIpc) is 2.92. The molecule has 124 valence electrons. The number of aryl methyl sites for hydroxylation is 1. The lowest BCUT2D eigenvalue weighted by Gasteiger charge is -2.34. The summed E-state index contributed by atoms with van der Waals surface area (Å²) in [6.07, 6.45) is -4.33. The summed E-state index contributed by atoms with van der Waals surface area (Å²) in [4.78, 5) is 2.10. The van der Waals surface area contributed by atoms with Gasteiger partial charge < -0.3 is 4.42 Å². The van der Waals surface area contributed by atoms with E-state index >= 15 is 0 Å². The summed E-state index contributed by atoms with van der Waals surface area (Å²) in [6.45, 7) is 2.93. The van der Waals surface area contributed by atoms with Gasteiger partial charge in [-0.3, -0.25) is 4.90 Å². The molecule has 0 N–H and O–H groups in total. The Balaban J connectivity index is 1.83. The molecule has 1 aromatic heterocycles. The van der Waals surface area contributed by atoms with Crippen LogP contribution in [0, 0.1) is 6.92 Å². The van der Waals surface area contributed by atoms with Crippen molar-refractivity contribution in [3.05, 3.63) is 47.2 Å². The topological polar surface area (TPSA) is 42.2 Å². The summed E-state index contributed by atoms with van der Waals surface area (Å²) < 4.78 is 44.2. The van der Waals surface area contributed by atoms with Crippen molar-refractivity contribution in [1.82, 2.24) is 15.1 Å². The number of hydrogen-bond donors (Lipinski definition) is 0. The molecule has 0 saturated carbocycles. The molecule has 2 heterocycles. The van der Waals surface area contributed by atoms with Gasteiger partial charge in [-0.2, -0.15) is 24.9 Å². The Morgan fingerprint density at radius 1 is 1.35 bits per heavy atom. The summed E-state index contributed by atoms with van der Waals surface area (Å²) in [5.41, 5.74) is 0.0578. The van der Waals surface area contributed by atoms with E-state index in [9.17, 15) is 13.2 Å². The highest BCUT2D eigenvalue weighted by Crippen LogP contribution is 2.35. The van der Waals surface area contributed by atoms with E-state index in [1.54, 1.807) is 24.8 Å². The minimum atomic E-state index is -4.33. The van der Waals surface area contributed by atoms with Crippen molar-refractivity contribution >= 4 is 11.8 Å². The fourth-order valence-electron chi connectivity index (χ4n) is 2.63. The monoisotopic (exact) mass is 343 g/mol. The highest BCUT2D eigenvalue weighted by Gasteiger charge is 2.32. The molecule has 1 fully saturated rings. The minimum absolute atomic E-state index is 0.0942. The summed E-state index contributed by atoms with van der Waals surface area (Å²) in [5, 5.41) is 7.78. The van der Waals surface area contributed by atoms with Crippen LogP contribution in [0.2, 0.25) is 0 Å². The predicted octanol–water partition coefficient (Wildman–Crippen LogP) is 3.69. The van der Waals surface area contributed by atoms with Crippen LogP contribution < -0.4 is 0 Å². The molecule has 1 atom stereocenters. The van der Waals surface area contributed by atoms with Gasteiger partial charge in [0.15, 0.2) is 0 Å². The first kappa shape index (κ1) is 16.3. The quantitative estimate of drug-likeness (QED) is 0.850. The van der Waals surface area contributed by atoms with Crippen LogP contribution in [-0.2, 0) is 12.7 Å². The molecular formula is C15H16F3N3OS. The highest BCUT2D eigenvalue weighted by atomic mass is 32.2. The Morgan fingerprint density at radius 3 is 2.87 bits per heavy atom. The zero-order chi connectivity index (χ0) is 16.4. The van der Waals surface area contributed by atoms with Crippen molar-refractivity contribution in [2.45, 2.75) is 25.7 Å². The Kier molecular flexibility index (Phi) is 4.63. The summed E-state index contributed by atoms with van der Waals surface area (Å²) in [5.74, 6) is 2.66. The second kappa shape index (κ2) is 6.52. The molecule has 3 rings (SSSR count). The van der Waals surface area contributed by atoms with E-state index in [2.05, 4.69) is 15.1 Å². The number of hydrogen-bond acceptors (Lipinski definition) is 5. The van der Waals surface area contributed by atoms with Crippen molar-refractivity contribution in [2.24, 2.45) is 0 Å². The van der Waals surface area contributed by atoms with E-state index in [1.165, 1.54) is 12.1 Å². The van der Waals surface area contributed by atoms with Crippen LogP contribution in [0.25, 0.3) is 0 Å². The molecule has 23 heavy (non-hydrogen) atoms. The normalized spacial score (nSPS) is 19.9. The molecule has 1 aliphatic rings. The summed E-state index contributed by atoms with van der Waals surface area (Å²) in [7, 11) is 0. The van der Waals surface area contributed by atoms with Crippen LogP contribution in [-0.4, -0.2) is 33.1 Å². The Morgan fingerprint density at radius 2 is 2.17 bits per heavy atom. The van der Waals surface area contributed by atoms with E-state index in [-0.39, 0.29) is 6.04 Å². The van der Waals surface area contributed by atoms with Crippen LogP contribution in [0.5, 0.6) is 0 Å². The van der Waals surface area contributed by atoms with Crippen LogP contribution in [0.1, 0.15) is 29.0 Å². The van der Waals surface area contributed by atoms with Gasteiger partial charge in [0.1, 0.15) is 0 Å². The van der Waals surface area contributed by atoms with Crippen LogP contribution >= 0.6 is 11.8 Å². The van der Waals surface area contributed by atoms with Crippen molar-refractivity contribution in [2.75, 3.05) is 18.1 Å². The number of alkyl halides is 3. The predicted molar refractivity (Wildman–Crippen MR) is 81.0 cm³/mol. The van der Waals surface area contributed by atoms with Crippen molar-refractivity contribution in [3.8, 4) is 0 Å². The second-order valence-electron chi connectivity index (χ2n) is 5.40. The first-order chi connectivity index (χ1) is 10.9. The van der Waals surface area contributed by atoms with Crippen molar-refractivity contribution < 1.29 is 17.6 Å². The van der Waals surface area contributed by atoms with E-state index in [4.69, 9.17) is 4.42 Å². The van der Waals surface area contributed by atoms with Crippen LogP contribution in [0.3, 0.4) is 0 Å². The van der Waals surface area contributed by atoms with E-state index in [1.807, 2.05) is 0 Å². The van der Waals surface area contributed by atoms with Crippen molar-refractivity contribution in [3.63, 3.8) is 0 Å². The lowest BCUT2D eigenvalue weighted by molar-refractivity contribution is -0.137. The number of halogens is 3. The van der Waals surface area contributed by atoms with Gasteiger partial charge >= 0.3 is 6.18 Å². The SMILES string of the molecule is Cc1nnc(CN2CCSC[C@H]2c2cccc(C(F)(F)F)c2)o1. The zero-order valence-electron chi connectivity index (χ0n) is 12.5. The third-order valence-electron chi connectivity index (χ3n) is 3.74. The lowest BCUT2D eigenvalue weighted by Crippen LogP contribution is -2.35. The molecule has 1 aromatic carbocycles. The molecule has 1 saturated heterocycles. The maximum atomic E-state index is 12.9. The van der Waals surface area contributed by atoms with E-state index in [0.29, 0.717) is 23.9 Å². The fraction of sp³-hybridized carbons (Fsp3) is 0.467. The number of nitrogens with zero attached hydrogens (tertiary/aromatic N) is 3. The Labute approximate surface area is 136 Å². The molecule has 0 unspecified atom stereocenters. The third kappa shape index (κ3) is 3.87. The Hall–Kier alpha value is -1.54. The van der Waals surface area contributed by atoms with E-state index in [0.717, 1.165) is 24.1 Å². The standard InChI is InChI=1S/C15H16F3N3OS/c1-10-19-20-14(22-10)8-21-5-6-23-9-13(21)11-3-2-4-12(7-11)15(16,17)18/h2-4,7,13H,5-6,8-9H2,1H3/t13-/m0/s1. The number of benzene rings is 1. The Bertz CT molecular complexity index is 674. The second-order valence-corrected chi connectivity index (χ2v) is 6.55. The molecule has 1 aliphatic heterocycles. The van der Waals surface area contributed by atoms with Crippen molar-refractivity contribution in [1.29, 1.82) is 0 Å². The molecule has 0 spiro atoms. The first-order valence-electron chi connectivity index (χ1n) is 7.21. The maximum Gasteiger partial charge on any atom is 0.416 e. The smallest absolute Gasteiger partial charge is 0.416 e. The molecule has 0 aliphatic carbocycles. The lowest BCUT2D eigenvalue weighted by atomic mass is 10.0. The molecule has 0 amide bonds. The van der Waals surface area contributed by atoms with Crippen LogP contribution in [0.15, 0.2) is 28.7 Å². The van der Waals surface area contributed by atoms with Gasteiger partial charge in [0.2, 0.25) is 11.8 Å². The molecular weight excluding hydrogens is 327 g/mol. The fourth-order valence-corrected chi connectivity index (χ4v) is 3.79. The number of rotatable bonds is 3. The largest absolute Gasteiger partial charge is 0.424 e. The van der Waals surface area contributed by atoms with Gasteiger partial charge in [-0.05, 0) is 17.7 Å². The molecule has 0 bridgehead atoms. The number of aromatic nitrogens is 2. The maximum absolute atomic E-state index is 12.9. The van der Waals surface area contributed by atoms with Gasteiger partial charge in [-0.1, -0.05) is 12.1 Å². The first-order valence-corrected chi connectivity index (χ1v) is 8.37. The van der Waals surface area contributed by atoms with Gasteiger partial charge in [-0.25, -0.2) is 0 Å². The third-order valence-corrected chi connectivity index (χ3v) is 4.77. The molecule has 4 nitrogen and oxygen atoms in total. The number of thioether (sulfide) groups is 1. The molecule has 8 heteroatoms. The zero-order valence-corrected chi connectivity index (χ0v) is 13.3. The summed E-state index contributed by atoms with van der Waals surface area (Å²) in [6, 6.07) is 5.46. The molecule has 2 aromatic rings. The minimum Gasteiger partial charge on any atom is -0.424 e. The van der Waals surface area contributed by atoms with Gasteiger partial charge in [-0.15, -0.1) is 10.2 Å².